The topological polar surface area (TPSA) is 0 Å². The Hall–Kier alpha value is 0.640. The van der Waals surface area contributed by atoms with E-state index < -0.39 is 0 Å². The van der Waals surface area contributed by atoms with E-state index in [1.54, 1.807) is 0 Å². The molecule has 0 saturated heterocycles. The summed E-state index contributed by atoms with van der Waals surface area (Å²) in [6.07, 6.45) is 4.81. The molecule has 0 heterocycles. The molecule has 0 saturated carbocycles. The van der Waals surface area contributed by atoms with Gasteiger partial charge in [-0.1, -0.05) is 0 Å². The Balaban J connectivity index is 1.97. The summed E-state index contributed by atoms with van der Waals surface area (Å²) >= 11 is 6.15. The summed E-state index contributed by atoms with van der Waals surface area (Å²) in [5, 5.41) is 0.486. The van der Waals surface area contributed by atoms with Gasteiger partial charge < -0.3 is 0 Å². The first-order valence-corrected chi connectivity index (χ1v) is 2.37. The van der Waals surface area contributed by atoms with E-state index in [1.165, 1.54) is 0 Å². The van der Waals surface area contributed by atoms with Crippen LogP contribution < -0.4 is 0 Å². The van der Waals surface area contributed by atoms with Gasteiger partial charge in [0.05, 0.1) is 5.21 Å². The van der Waals surface area contributed by atoms with Gasteiger partial charge in [-0.3, -0.25) is 0 Å². The van der Waals surface area contributed by atoms with Crippen molar-refractivity contribution < 1.29 is 0 Å². The van der Waals surface area contributed by atoms with Crippen LogP contribution in [-0.2, 0) is 0 Å². The van der Waals surface area contributed by atoms with Gasteiger partial charge in [-0.2, -0.15) is 0 Å². The lowest BCUT2D eigenvalue weighted by molar-refractivity contribution is 2.25. The van der Waals surface area contributed by atoms with Gasteiger partial charge in [-0.25, -0.2) is 0 Å². The third-order valence-electron chi connectivity index (χ3n) is 0.0630. The number of alkyl halides is 1. The van der Waals surface area contributed by atoms with E-state index in [2.05, 4.69) is 0 Å². The molecule has 0 rings (SSSR count). The van der Waals surface area contributed by atoms with Crippen LogP contribution in [0.4, 0.5) is 0 Å². The fourth-order valence-electron chi connectivity index (χ4n) is 0. The van der Waals surface area contributed by atoms with Crippen LogP contribution in [0.1, 0.15) is 0 Å². The Morgan fingerprint density at radius 3 is 2.25 bits per heavy atom. The quantitative estimate of drug-likeness (QED) is 0.445. The lowest BCUT2D eigenvalue weighted by Crippen LogP contribution is -1.40. The molecular weight excluding hydrogens is 91.5 g/mol. The van der Waals surface area contributed by atoms with Crippen LogP contribution in [0.5, 0.6) is 0 Å². The average molecular weight is 94.6 g/mol. The molecule has 0 aliphatic rings. The Morgan fingerprint density at radius 1 is 2.00 bits per heavy atom. The molecule has 0 fully saturated rings. The first kappa shape index (κ1) is 4.64. The molecule has 0 aliphatic heterocycles. The highest BCUT2D eigenvalue weighted by molar-refractivity contribution is 8.01. The monoisotopic (exact) mass is 94.0 g/mol. The summed E-state index contributed by atoms with van der Waals surface area (Å²) in [4.78, 5) is 0. The van der Waals surface area contributed by atoms with Crippen LogP contribution in [0.2, 0.25) is 0 Å². The molecule has 0 spiro atoms. The van der Waals surface area contributed by atoms with Crippen molar-refractivity contribution in [2.24, 2.45) is 0 Å². The average Bonchev–Trinajstić information content (AvgIpc) is 1.37. The molecule has 0 aromatic rings. The van der Waals surface area contributed by atoms with Crippen LogP contribution in [-0.4, -0.2) is 5.21 Å². The number of thioether (sulfide) groups is 1. The summed E-state index contributed by atoms with van der Waals surface area (Å²) in [5.74, 6) is 0. The predicted octanol–water partition coefficient (Wildman–Crippen LogP) is 1.58. The predicted molar refractivity (Wildman–Crippen MR) is 22.6 cm³/mol. The van der Waals surface area contributed by atoms with Crippen molar-refractivity contribution in [1.29, 1.82) is 0 Å². The van der Waals surface area contributed by atoms with E-state index in [1.807, 2.05) is 0 Å². The normalized spacial score (nSPS) is 7.50. The van der Waals surface area contributed by atoms with Crippen molar-refractivity contribution in [3.05, 3.63) is 6.26 Å². The molecule has 0 atom stereocenters. The van der Waals surface area contributed by atoms with Gasteiger partial charge in [0.15, 0.2) is 0 Å². The second kappa shape index (κ2) is 3.64. The van der Waals surface area contributed by atoms with E-state index in [0.29, 0.717) is 5.21 Å². The lowest BCUT2D eigenvalue weighted by Gasteiger charge is -1.66. The van der Waals surface area contributed by atoms with Gasteiger partial charge in [0.2, 0.25) is 0 Å². The van der Waals surface area contributed by atoms with Crippen molar-refractivity contribution in [2.45, 2.75) is 0 Å². The smallest absolute Gasteiger partial charge is 0.0683 e. The van der Waals surface area contributed by atoms with Gasteiger partial charge in [-0.05, 0) is 0 Å². The van der Waals surface area contributed by atoms with Crippen molar-refractivity contribution in [1.82, 2.24) is 0 Å². The summed E-state index contributed by atoms with van der Waals surface area (Å²) in [5.41, 5.74) is 0. The summed E-state index contributed by atoms with van der Waals surface area (Å²) in [6, 6.07) is 0. The molecule has 0 N–H and O–H groups in total. The van der Waals surface area contributed by atoms with Crippen LogP contribution >= 0.6 is 23.4 Å². The zero-order valence-electron chi connectivity index (χ0n) is 2.07. The number of halogens is 1. The second-order valence-corrected chi connectivity index (χ2v) is 1.48. The molecule has 2 heteroatoms. The van der Waals surface area contributed by atoms with Crippen molar-refractivity contribution in [2.75, 3.05) is 5.21 Å². The summed E-state index contributed by atoms with van der Waals surface area (Å²) in [6.45, 7) is 0. The van der Waals surface area contributed by atoms with Crippen LogP contribution in [0.3, 0.4) is 0 Å². The highest BCUT2D eigenvalue weighted by Crippen LogP contribution is 1.94. The number of rotatable bonds is 1. The molecule has 0 amide bonds. The molecule has 24 valence electrons. The lowest BCUT2D eigenvalue weighted by atomic mass is 11.9. The maximum atomic E-state index is 5.02. The van der Waals surface area contributed by atoms with Crippen LogP contribution in [0.25, 0.3) is 0 Å². The minimum atomic E-state index is 0.486. The first-order chi connectivity index (χ1) is 1.91. The van der Waals surface area contributed by atoms with Crippen molar-refractivity contribution in [3.63, 3.8) is 0 Å². The molecule has 0 nitrogen and oxygen atoms in total. The summed E-state index contributed by atoms with van der Waals surface area (Å²) < 4.78 is 0. The zero-order valence-corrected chi connectivity index (χ0v) is 3.64. The Labute approximate surface area is 35.5 Å². The summed E-state index contributed by atoms with van der Waals surface area (Å²) in [7, 11) is 0. The van der Waals surface area contributed by atoms with E-state index in [0.717, 1.165) is 11.8 Å². The van der Waals surface area contributed by atoms with Crippen LogP contribution in [0, 0.1) is 6.26 Å². The third-order valence-corrected chi connectivity index (χ3v) is 0.567. The van der Waals surface area contributed by atoms with Crippen molar-refractivity contribution in [3.8, 4) is 0 Å². The van der Waals surface area contributed by atoms with Gasteiger partial charge in [0.1, 0.15) is 0 Å². The molecular formula is C2H3ClS. The minimum Gasteiger partial charge on any atom is -0.140 e. The maximum Gasteiger partial charge on any atom is 0.0683 e. The molecule has 0 aromatic carbocycles. The van der Waals surface area contributed by atoms with E-state index in [4.69, 9.17) is 17.9 Å². The third kappa shape index (κ3) is 2.64. The highest BCUT2D eigenvalue weighted by atomic mass is 35.5. The molecule has 4 heavy (non-hydrogen) atoms. The fraction of sp³-hybridized carbons (Fsp3) is 0.500. The highest BCUT2D eigenvalue weighted by Gasteiger charge is 1.58. The SMILES string of the molecule is [CH]SCCl. The Morgan fingerprint density at radius 2 is 2.25 bits per heavy atom. The zero-order chi connectivity index (χ0) is 3.41. The van der Waals surface area contributed by atoms with Gasteiger partial charge >= 0.3 is 0 Å². The second-order valence-electron chi connectivity index (χ2n) is 0.276. The number of hydrogen-bond acceptors (Lipinski definition) is 1. The largest absolute Gasteiger partial charge is 0.140 e. The maximum absolute atomic E-state index is 5.02. The van der Waals surface area contributed by atoms with Gasteiger partial charge in [0.25, 0.3) is 0 Å². The standard InChI is InChI=1S/C2H3ClS/c1-4-2-3/h1H,2H2. The molecule has 0 aliphatic carbocycles. The van der Waals surface area contributed by atoms with E-state index >= 15 is 0 Å². The molecule has 2 radical (unpaired) electrons. The van der Waals surface area contributed by atoms with Gasteiger partial charge in [-0.15, -0.1) is 23.4 Å². The Bertz CT molecular complexity index is 8.00. The Kier molecular flexibility index (Phi) is 4.22. The van der Waals surface area contributed by atoms with E-state index in [-0.39, 0.29) is 0 Å². The number of hydrogen-bond donors (Lipinski definition) is 0. The minimum absolute atomic E-state index is 0.486. The van der Waals surface area contributed by atoms with E-state index in [9.17, 15) is 0 Å². The first-order valence-electron chi connectivity index (χ1n) is 0.792. The van der Waals surface area contributed by atoms with Crippen LogP contribution in [0.15, 0.2) is 0 Å². The fourth-order valence-corrected chi connectivity index (χ4v) is 0. The van der Waals surface area contributed by atoms with Crippen molar-refractivity contribution >= 4 is 23.4 Å². The molecule has 0 aromatic heterocycles. The van der Waals surface area contributed by atoms with Gasteiger partial charge in [0, 0.05) is 6.26 Å². The molecule has 0 bridgehead atoms. The molecule has 0 unspecified atom stereocenters.